The van der Waals surface area contributed by atoms with E-state index < -0.39 is 17.1 Å². The van der Waals surface area contributed by atoms with Crippen LogP contribution in [0, 0.1) is 0 Å². The smallest absolute Gasteiger partial charge is 0.345 e. The minimum atomic E-state index is -0.673. The van der Waals surface area contributed by atoms with E-state index in [1.807, 2.05) is 0 Å². The molecule has 2 saturated heterocycles. The number of thioether (sulfide) groups is 1. The average molecular weight is 517 g/mol. The molecule has 0 aromatic heterocycles. The zero-order valence-electron chi connectivity index (χ0n) is 18.7. The van der Waals surface area contributed by atoms with E-state index in [-0.39, 0.29) is 33.7 Å². The summed E-state index contributed by atoms with van der Waals surface area (Å²) in [4.78, 5) is 53.0. The summed E-state index contributed by atoms with van der Waals surface area (Å²) in [7, 11) is 1.43. The molecule has 2 aliphatic rings. The zero-order chi connectivity index (χ0) is 24.9. The summed E-state index contributed by atoms with van der Waals surface area (Å²) in [5.74, 6) is -1.13. The highest BCUT2D eigenvalue weighted by Crippen LogP contribution is 2.35. The van der Waals surface area contributed by atoms with E-state index in [4.69, 9.17) is 25.8 Å². The summed E-state index contributed by atoms with van der Waals surface area (Å²) < 4.78 is 16.0. The number of hydrogen-bond acceptors (Lipinski definition) is 8. The molecule has 182 valence electrons. The second-order valence-corrected chi connectivity index (χ2v) is 8.94. The molecular weight excluding hydrogens is 496 g/mol. The Kier molecular flexibility index (Phi) is 7.74. The first kappa shape index (κ1) is 24.8. The first-order valence-electron chi connectivity index (χ1n) is 10.6. The predicted molar refractivity (Wildman–Crippen MR) is 129 cm³/mol. The number of hydrogen-bond donors (Lipinski definition) is 0. The fourth-order valence-electron chi connectivity index (χ4n) is 3.48. The fourth-order valence-corrected chi connectivity index (χ4v) is 4.53. The number of rotatable bonds is 6. The van der Waals surface area contributed by atoms with Gasteiger partial charge in [-0.2, -0.15) is 0 Å². The van der Waals surface area contributed by atoms with Gasteiger partial charge in [-0.1, -0.05) is 29.8 Å². The minimum Gasteiger partial charge on any atom is -0.493 e. The lowest BCUT2D eigenvalue weighted by atomic mass is 10.1. The summed E-state index contributed by atoms with van der Waals surface area (Å²) in [5, 5.41) is -0.283. The van der Waals surface area contributed by atoms with Crippen LogP contribution in [0.5, 0.6) is 11.5 Å². The van der Waals surface area contributed by atoms with Gasteiger partial charge >= 0.3 is 5.97 Å². The number of morpholine rings is 1. The Balaban J connectivity index is 1.51. The van der Waals surface area contributed by atoms with Crippen molar-refractivity contribution in [2.24, 2.45) is 0 Å². The highest BCUT2D eigenvalue weighted by molar-refractivity contribution is 8.18. The Morgan fingerprint density at radius 1 is 1.11 bits per heavy atom. The molecule has 4 rings (SSSR count). The van der Waals surface area contributed by atoms with Crippen LogP contribution in [0.25, 0.3) is 6.08 Å². The summed E-state index contributed by atoms with van der Waals surface area (Å²) in [6, 6.07) is 11.2. The van der Waals surface area contributed by atoms with E-state index in [1.165, 1.54) is 25.3 Å². The maximum absolute atomic E-state index is 12.8. The van der Waals surface area contributed by atoms with Crippen molar-refractivity contribution < 1.29 is 33.4 Å². The van der Waals surface area contributed by atoms with Crippen LogP contribution in [0.1, 0.15) is 15.9 Å². The van der Waals surface area contributed by atoms with Crippen LogP contribution in [0.4, 0.5) is 4.79 Å². The molecule has 0 aliphatic carbocycles. The van der Waals surface area contributed by atoms with Gasteiger partial charge in [0, 0.05) is 13.1 Å². The summed E-state index contributed by atoms with van der Waals surface area (Å²) in [6.45, 7) is 1.37. The molecule has 2 aromatic carbocycles. The van der Waals surface area contributed by atoms with Crippen LogP contribution < -0.4 is 9.47 Å². The van der Waals surface area contributed by atoms with Gasteiger partial charge in [0.15, 0.2) is 11.5 Å². The SMILES string of the molecule is COc1ccc(/C=C2\SC(=O)N(CC(=O)N3CCOCC3)C2=O)cc1OC(=O)c1ccccc1Cl. The zero-order valence-corrected chi connectivity index (χ0v) is 20.3. The maximum Gasteiger partial charge on any atom is 0.345 e. The first-order valence-corrected chi connectivity index (χ1v) is 11.8. The van der Waals surface area contributed by atoms with E-state index in [1.54, 1.807) is 35.2 Å². The van der Waals surface area contributed by atoms with E-state index in [0.717, 1.165) is 16.7 Å². The van der Waals surface area contributed by atoms with Crippen LogP contribution in [-0.2, 0) is 14.3 Å². The Bertz CT molecular complexity index is 1210. The van der Waals surface area contributed by atoms with E-state index in [0.29, 0.717) is 37.6 Å². The molecule has 2 aliphatic heterocycles. The van der Waals surface area contributed by atoms with E-state index >= 15 is 0 Å². The van der Waals surface area contributed by atoms with Gasteiger partial charge in [-0.05, 0) is 47.7 Å². The van der Waals surface area contributed by atoms with Crippen molar-refractivity contribution in [3.63, 3.8) is 0 Å². The normalized spacial score (nSPS) is 17.1. The standard InChI is InChI=1S/C24H21ClN2O7S/c1-32-18-7-6-15(12-19(18)34-23(30)16-4-2-3-5-17(16)25)13-20-22(29)27(24(31)35-20)14-21(28)26-8-10-33-11-9-26/h2-7,12-13H,8-11,14H2,1H3/b20-13-. The Morgan fingerprint density at radius 2 is 1.86 bits per heavy atom. The van der Waals surface area contributed by atoms with Crippen LogP contribution >= 0.6 is 23.4 Å². The Labute approximate surface area is 210 Å². The lowest BCUT2D eigenvalue weighted by Gasteiger charge is -2.28. The van der Waals surface area contributed by atoms with Crippen LogP contribution in [0.3, 0.4) is 0 Å². The molecule has 3 amide bonds. The number of halogens is 1. The Hall–Kier alpha value is -3.34. The molecule has 0 bridgehead atoms. The Morgan fingerprint density at radius 3 is 2.57 bits per heavy atom. The third kappa shape index (κ3) is 5.67. The van der Waals surface area contributed by atoms with E-state index in [2.05, 4.69) is 0 Å². The molecule has 2 heterocycles. The number of carbonyl (C=O) groups is 4. The number of methoxy groups -OCH3 is 1. The van der Waals surface area contributed by atoms with Crippen molar-refractivity contribution in [3.8, 4) is 11.5 Å². The number of nitrogens with zero attached hydrogens (tertiary/aromatic N) is 2. The predicted octanol–water partition coefficient (Wildman–Crippen LogP) is 3.46. The van der Waals surface area contributed by atoms with Gasteiger partial charge in [0.05, 0.1) is 35.8 Å². The average Bonchev–Trinajstić information content (AvgIpc) is 3.12. The van der Waals surface area contributed by atoms with Crippen LogP contribution in [-0.4, -0.2) is 72.8 Å². The molecule has 0 saturated carbocycles. The number of amides is 3. The van der Waals surface area contributed by atoms with Gasteiger partial charge in [0.2, 0.25) is 5.91 Å². The minimum absolute atomic E-state index is 0.118. The lowest BCUT2D eigenvalue weighted by molar-refractivity contribution is -0.139. The molecule has 0 N–H and O–H groups in total. The van der Waals surface area contributed by atoms with Crippen molar-refractivity contribution in [1.29, 1.82) is 0 Å². The maximum atomic E-state index is 12.8. The number of esters is 1. The third-order valence-corrected chi connectivity index (χ3v) is 6.55. The van der Waals surface area contributed by atoms with Gasteiger partial charge in [-0.25, -0.2) is 4.79 Å². The van der Waals surface area contributed by atoms with Gasteiger partial charge < -0.3 is 19.1 Å². The molecule has 0 radical (unpaired) electrons. The van der Waals surface area contributed by atoms with Crippen molar-refractivity contribution in [2.75, 3.05) is 40.0 Å². The fraction of sp³-hybridized carbons (Fsp3) is 0.250. The third-order valence-electron chi connectivity index (χ3n) is 5.31. The molecule has 2 fully saturated rings. The molecule has 0 atom stereocenters. The van der Waals surface area contributed by atoms with Crippen molar-refractivity contribution >= 4 is 52.5 Å². The first-order chi connectivity index (χ1) is 16.9. The largest absolute Gasteiger partial charge is 0.493 e. The second-order valence-electron chi connectivity index (χ2n) is 7.54. The van der Waals surface area contributed by atoms with Crippen molar-refractivity contribution in [1.82, 2.24) is 9.80 Å². The van der Waals surface area contributed by atoms with Crippen LogP contribution in [0.15, 0.2) is 47.4 Å². The van der Waals surface area contributed by atoms with Crippen molar-refractivity contribution in [2.45, 2.75) is 0 Å². The van der Waals surface area contributed by atoms with Crippen LogP contribution in [0.2, 0.25) is 5.02 Å². The number of imide groups is 1. The highest BCUT2D eigenvalue weighted by Gasteiger charge is 2.37. The van der Waals surface area contributed by atoms with E-state index in [9.17, 15) is 19.2 Å². The number of ether oxygens (including phenoxy) is 3. The lowest BCUT2D eigenvalue weighted by Crippen LogP contribution is -2.46. The van der Waals surface area contributed by atoms with Gasteiger partial charge in [-0.15, -0.1) is 0 Å². The quantitative estimate of drug-likeness (QED) is 0.327. The van der Waals surface area contributed by atoms with Gasteiger partial charge in [-0.3, -0.25) is 19.3 Å². The molecule has 0 spiro atoms. The summed E-state index contributed by atoms with van der Waals surface area (Å²) in [5.41, 5.74) is 0.686. The monoisotopic (exact) mass is 516 g/mol. The molecule has 35 heavy (non-hydrogen) atoms. The molecule has 0 unspecified atom stereocenters. The molecule has 9 nitrogen and oxygen atoms in total. The number of benzene rings is 2. The summed E-state index contributed by atoms with van der Waals surface area (Å²) in [6.07, 6.45) is 1.50. The topological polar surface area (TPSA) is 102 Å². The highest BCUT2D eigenvalue weighted by atomic mass is 35.5. The second kappa shape index (κ2) is 10.9. The number of carbonyl (C=O) groups excluding carboxylic acids is 4. The van der Waals surface area contributed by atoms with Crippen molar-refractivity contribution in [3.05, 3.63) is 63.5 Å². The summed E-state index contributed by atoms with van der Waals surface area (Å²) >= 11 is 6.82. The van der Waals surface area contributed by atoms with Gasteiger partial charge in [0.25, 0.3) is 11.1 Å². The molecule has 2 aromatic rings. The molecule has 11 heteroatoms. The van der Waals surface area contributed by atoms with Gasteiger partial charge in [0.1, 0.15) is 6.54 Å². The molecular formula is C24H21ClN2O7S.